The van der Waals surface area contributed by atoms with E-state index in [0.717, 1.165) is 30.9 Å². The molecular formula is C19H25N5O. The van der Waals surface area contributed by atoms with E-state index in [2.05, 4.69) is 15.3 Å². The van der Waals surface area contributed by atoms with E-state index in [1.54, 1.807) is 0 Å². The molecule has 25 heavy (non-hydrogen) atoms. The van der Waals surface area contributed by atoms with E-state index >= 15 is 0 Å². The summed E-state index contributed by atoms with van der Waals surface area (Å²) in [5.41, 5.74) is 2.03. The SMILES string of the molecule is O=C(NCc1cnn(-c2ccccc2)c1)N1CCN2CCCC[C@H]2C1. The third kappa shape index (κ3) is 3.69. The zero-order valence-electron chi connectivity index (χ0n) is 14.5. The molecule has 1 aromatic heterocycles. The lowest BCUT2D eigenvalue weighted by Crippen LogP contribution is -2.57. The third-order valence-electron chi connectivity index (χ3n) is 5.23. The minimum Gasteiger partial charge on any atom is -0.334 e. The highest BCUT2D eigenvalue weighted by Crippen LogP contribution is 2.21. The quantitative estimate of drug-likeness (QED) is 0.933. The molecule has 0 spiro atoms. The molecule has 3 heterocycles. The first-order chi connectivity index (χ1) is 12.3. The number of nitrogens with zero attached hydrogens (tertiary/aromatic N) is 4. The van der Waals surface area contributed by atoms with E-state index in [-0.39, 0.29) is 6.03 Å². The molecule has 1 aromatic carbocycles. The summed E-state index contributed by atoms with van der Waals surface area (Å²) in [6, 6.07) is 10.6. The van der Waals surface area contributed by atoms with Gasteiger partial charge in [-0.1, -0.05) is 24.6 Å². The second kappa shape index (κ2) is 7.27. The Hall–Kier alpha value is -2.34. The number of piperidine rings is 1. The van der Waals surface area contributed by atoms with E-state index in [0.29, 0.717) is 12.6 Å². The summed E-state index contributed by atoms with van der Waals surface area (Å²) in [5, 5.41) is 7.42. The molecule has 2 fully saturated rings. The van der Waals surface area contributed by atoms with Gasteiger partial charge in [0, 0.05) is 44.0 Å². The van der Waals surface area contributed by atoms with Crippen molar-refractivity contribution >= 4 is 6.03 Å². The average Bonchev–Trinajstić information content (AvgIpc) is 3.15. The lowest BCUT2D eigenvalue weighted by Gasteiger charge is -2.43. The molecule has 1 atom stereocenters. The number of carbonyl (C=O) groups excluding carboxylic acids is 1. The van der Waals surface area contributed by atoms with Gasteiger partial charge in [0.2, 0.25) is 0 Å². The number of fused-ring (bicyclic) bond motifs is 1. The van der Waals surface area contributed by atoms with Gasteiger partial charge in [-0.2, -0.15) is 5.10 Å². The second-order valence-electron chi connectivity index (χ2n) is 6.92. The molecule has 0 saturated carbocycles. The van der Waals surface area contributed by atoms with Gasteiger partial charge >= 0.3 is 6.03 Å². The first kappa shape index (κ1) is 16.1. The smallest absolute Gasteiger partial charge is 0.317 e. The van der Waals surface area contributed by atoms with Gasteiger partial charge < -0.3 is 10.2 Å². The van der Waals surface area contributed by atoms with Gasteiger partial charge in [0.1, 0.15) is 0 Å². The largest absolute Gasteiger partial charge is 0.334 e. The van der Waals surface area contributed by atoms with Crippen molar-refractivity contribution in [2.24, 2.45) is 0 Å². The molecule has 0 aliphatic carbocycles. The molecule has 4 rings (SSSR count). The summed E-state index contributed by atoms with van der Waals surface area (Å²) >= 11 is 0. The van der Waals surface area contributed by atoms with Crippen molar-refractivity contribution in [3.63, 3.8) is 0 Å². The van der Waals surface area contributed by atoms with Gasteiger partial charge in [0.15, 0.2) is 0 Å². The highest BCUT2D eigenvalue weighted by Gasteiger charge is 2.30. The lowest BCUT2D eigenvalue weighted by molar-refractivity contribution is 0.0643. The highest BCUT2D eigenvalue weighted by molar-refractivity contribution is 5.74. The third-order valence-corrected chi connectivity index (χ3v) is 5.23. The zero-order valence-corrected chi connectivity index (χ0v) is 14.5. The van der Waals surface area contributed by atoms with E-state index in [1.807, 2.05) is 52.3 Å². The van der Waals surface area contributed by atoms with Crippen molar-refractivity contribution in [2.45, 2.75) is 31.8 Å². The maximum atomic E-state index is 12.5. The molecule has 2 amide bonds. The number of urea groups is 1. The van der Waals surface area contributed by atoms with Crippen molar-refractivity contribution in [3.8, 4) is 5.69 Å². The summed E-state index contributed by atoms with van der Waals surface area (Å²) < 4.78 is 1.84. The number of para-hydroxylation sites is 1. The van der Waals surface area contributed by atoms with Crippen molar-refractivity contribution in [3.05, 3.63) is 48.3 Å². The predicted molar refractivity (Wildman–Crippen MR) is 96.6 cm³/mol. The molecule has 0 bridgehead atoms. The Bertz CT molecular complexity index is 714. The standard InChI is InChI=1S/C19H25N5O/c25-19(23-11-10-22-9-5-4-8-18(22)15-23)20-12-16-13-21-24(14-16)17-6-2-1-3-7-17/h1-3,6-7,13-14,18H,4-5,8-12,15H2,(H,20,25)/t18-/m0/s1. The second-order valence-corrected chi connectivity index (χ2v) is 6.92. The Labute approximate surface area is 148 Å². The van der Waals surface area contributed by atoms with Crippen LogP contribution in [0.2, 0.25) is 0 Å². The topological polar surface area (TPSA) is 53.4 Å². The first-order valence-electron chi connectivity index (χ1n) is 9.15. The Morgan fingerprint density at radius 2 is 2.04 bits per heavy atom. The van der Waals surface area contributed by atoms with Crippen LogP contribution in [0.15, 0.2) is 42.7 Å². The van der Waals surface area contributed by atoms with Gasteiger partial charge in [-0.05, 0) is 31.5 Å². The molecule has 6 nitrogen and oxygen atoms in total. The van der Waals surface area contributed by atoms with Gasteiger partial charge in [-0.25, -0.2) is 9.48 Å². The Morgan fingerprint density at radius 1 is 1.16 bits per heavy atom. The number of hydrogen-bond acceptors (Lipinski definition) is 3. The maximum Gasteiger partial charge on any atom is 0.317 e. The predicted octanol–water partition coefficient (Wildman–Crippen LogP) is 2.25. The first-order valence-corrected chi connectivity index (χ1v) is 9.15. The molecular weight excluding hydrogens is 314 g/mol. The fraction of sp³-hybridized carbons (Fsp3) is 0.474. The lowest BCUT2D eigenvalue weighted by atomic mass is 10.00. The van der Waals surface area contributed by atoms with Gasteiger partial charge in [0.05, 0.1) is 11.9 Å². The maximum absolute atomic E-state index is 12.5. The zero-order chi connectivity index (χ0) is 17.1. The number of carbonyl (C=O) groups is 1. The number of amides is 2. The molecule has 132 valence electrons. The molecule has 2 aromatic rings. The molecule has 6 heteroatoms. The summed E-state index contributed by atoms with van der Waals surface area (Å²) in [4.78, 5) is 17.0. The Morgan fingerprint density at radius 3 is 2.92 bits per heavy atom. The van der Waals surface area contributed by atoms with Gasteiger partial charge in [-0.15, -0.1) is 0 Å². The monoisotopic (exact) mass is 339 g/mol. The van der Waals surface area contributed by atoms with Crippen LogP contribution in [-0.2, 0) is 6.54 Å². The van der Waals surface area contributed by atoms with Crippen LogP contribution in [-0.4, -0.2) is 57.8 Å². The van der Waals surface area contributed by atoms with Crippen molar-refractivity contribution in [2.75, 3.05) is 26.2 Å². The molecule has 2 aliphatic heterocycles. The van der Waals surface area contributed by atoms with Crippen molar-refractivity contribution in [1.29, 1.82) is 0 Å². The normalized spacial score (nSPS) is 21.0. The van der Waals surface area contributed by atoms with Crippen LogP contribution >= 0.6 is 0 Å². The van der Waals surface area contributed by atoms with Crippen LogP contribution in [0, 0.1) is 0 Å². The summed E-state index contributed by atoms with van der Waals surface area (Å²) in [6.45, 7) is 4.39. The van der Waals surface area contributed by atoms with Gasteiger partial charge in [0.25, 0.3) is 0 Å². The fourth-order valence-corrected chi connectivity index (χ4v) is 3.80. The van der Waals surface area contributed by atoms with E-state index in [9.17, 15) is 4.79 Å². The molecule has 2 aliphatic rings. The van der Waals surface area contributed by atoms with Crippen LogP contribution in [0.5, 0.6) is 0 Å². The molecule has 0 unspecified atom stereocenters. The number of aromatic nitrogens is 2. The van der Waals surface area contributed by atoms with Crippen LogP contribution in [0.1, 0.15) is 24.8 Å². The van der Waals surface area contributed by atoms with Gasteiger partial charge in [-0.3, -0.25) is 4.90 Å². The van der Waals surface area contributed by atoms with Crippen LogP contribution in [0.25, 0.3) is 5.69 Å². The van der Waals surface area contributed by atoms with E-state index in [1.165, 1.54) is 25.8 Å². The van der Waals surface area contributed by atoms with E-state index < -0.39 is 0 Å². The molecule has 0 radical (unpaired) electrons. The average molecular weight is 339 g/mol. The summed E-state index contributed by atoms with van der Waals surface area (Å²) in [6.07, 6.45) is 7.58. The minimum atomic E-state index is 0.0395. The minimum absolute atomic E-state index is 0.0395. The van der Waals surface area contributed by atoms with E-state index in [4.69, 9.17) is 0 Å². The van der Waals surface area contributed by atoms with Crippen LogP contribution in [0.4, 0.5) is 4.79 Å². The van der Waals surface area contributed by atoms with Crippen LogP contribution in [0.3, 0.4) is 0 Å². The summed E-state index contributed by atoms with van der Waals surface area (Å²) in [7, 11) is 0. The Kier molecular flexibility index (Phi) is 4.70. The number of piperazine rings is 1. The van der Waals surface area contributed by atoms with Crippen LogP contribution < -0.4 is 5.32 Å². The number of nitrogens with one attached hydrogen (secondary N) is 1. The fourth-order valence-electron chi connectivity index (χ4n) is 3.80. The summed E-state index contributed by atoms with van der Waals surface area (Å²) in [5.74, 6) is 0. The molecule has 1 N–H and O–H groups in total. The number of hydrogen-bond donors (Lipinski definition) is 1. The Balaban J connectivity index is 1.31. The number of benzene rings is 1. The van der Waals surface area contributed by atoms with Crippen molar-refractivity contribution < 1.29 is 4.79 Å². The molecule has 2 saturated heterocycles. The highest BCUT2D eigenvalue weighted by atomic mass is 16.2. The van der Waals surface area contributed by atoms with Crippen molar-refractivity contribution in [1.82, 2.24) is 24.9 Å². The number of rotatable bonds is 3.